The SMILES string of the molecule is Cc1cc(C(=O)NCc2cccc(F)c2)c2cnn(Cc3cccs3)c2n1. The van der Waals surface area contributed by atoms with E-state index >= 15 is 0 Å². The van der Waals surface area contributed by atoms with Crippen LogP contribution in [0.5, 0.6) is 0 Å². The van der Waals surface area contributed by atoms with Crippen molar-refractivity contribution in [2.24, 2.45) is 0 Å². The third-order valence-corrected chi connectivity index (χ3v) is 5.07. The number of hydrogen-bond acceptors (Lipinski definition) is 4. The lowest BCUT2D eigenvalue weighted by molar-refractivity contribution is 0.0952. The Morgan fingerprint density at radius 1 is 1.26 bits per heavy atom. The fraction of sp³-hybridized carbons (Fsp3) is 0.150. The number of amides is 1. The first-order valence-corrected chi connectivity index (χ1v) is 9.36. The largest absolute Gasteiger partial charge is 0.348 e. The van der Waals surface area contributed by atoms with Crippen molar-refractivity contribution in [1.82, 2.24) is 20.1 Å². The van der Waals surface area contributed by atoms with Crippen LogP contribution in [-0.2, 0) is 13.1 Å². The van der Waals surface area contributed by atoms with Gasteiger partial charge in [0, 0.05) is 17.1 Å². The van der Waals surface area contributed by atoms with Gasteiger partial charge in [0.05, 0.1) is 23.7 Å². The van der Waals surface area contributed by atoms with Gasteiger partial charge < -0.3 is 5.32 Å². The van der Waals surface area contributed by atoms with Gasteiger partial charge in [-0.25, -0.2) is 14.1 Å². The van der Waals surface area contributed by atoms with Crippen LogP contribution in [0.15, 0.2) is 54.0 Å². The molecule has 4 aromatic rings. The van der Waals surface area contributed by atoms with E-state index in [0.717, 1.165) is 5.69 Å². The minimum absolute atomic E-state index is 0.231. The molecule has 0 spiro atoms. The van der Waals surface area contributed by atoms with Gasteiger partial charge in [-0.3, -0.25) is 4.79 Å². The maximum absolute atomic E-state index is 13.3. The predicted octanol–water partition coefficient (Wildman–Crippen LogP) is 3.92. The Labute approximate surface area is 159 Å². The molecule has 0 bridgehead atoms. The summed E-state index contributed by atoms with van der Waals surface area (Å²) in [4.78, 5) is 18.5. The summed E-state index contributed by atoms with van der Waals surface area (Å²) in [6, 6.07) is 12.0. The van der Waals surface area contributed by atoms with Gasteiger partial charge in [-0.1, -0.05) is 18.2 Å². The van der Waals surface area contributed by atoms with Crippen LogP contribution in [0.2, 0.25) is 0 Å². The van der Waals surface area contributed by atoms with E-state index in [1.54, 1.807) is 40.4 Å². The van der Waals surface area contributed by atoms with Gasteiger partial charge in [-0.05, 0) is 42.1 Å². The number of hydrogen-bond donors (Lipinski definition) is 1. The van der Waals surface area contributed by atoms with E-state index in [-0.39, 0.29) is 18.3 Å². The lowest BCUT2D eigenvalue weighted by Crippen LogP contribution is -2.23. The zero-order valence-corrected chi connectivity index (χ0v) is 15.5. The molecule has 5 nitrogen and oxygen atoms in total. The number of carbonyl (C=O) groups is 1. The van der Waals surface area contributed by atoms with E-state index in [0.29, 0.717) is 28.7 Å². The molecule has 0 unspecified atom stereocenters. The maximum Gasteiger partial charge on any atom is 0.252 e. The Bertz CT molecular complexity index is 1100. The molecule has 4 rings (SSSR count). The number of thiophene rings is 1. The van der Waals surface area contributed by atoms with Crippen molar-refractivity contribution in [3.63, 3.8) is 0 Å². The molecule has 1 amide bonds. The Hall–Kier alpha value is -3.06. The summed E-state index contributed by atoms with van der Waals surface area (Å²) in [6.45, 7) is 2.72. The monoisotopic (exact) mass is 380 g/mol. The van der Waals surface area contributed by atoms with Gasteiger partial charge >= 0.3 is 0 Å². The Kier molecular flexibility index (Phi) is 4.68. The second-order valence-corrected chi connectivity index (χ2v) is 7.27. The second kappa shape index (κ2) is 7.28. The number of aromatic nitrogens is 3. The van der Waals surface area contributed by atoms with E-state index in [1.807, 2.05) is 24.4 Å². The Balaban J connectivity index is 1.61. The summed E-state index contributed by atoms with van der Waals surface area (Å²) >= 11 is 1.65. The lowest BCUT2D eigenvalue weighted by atomic mass is 10.1. The van der Waals surface area contributed by atoms with Crippen molar-refractivity contribution in [2.75, 3.05) is 0 Å². The minimum Gasteiger partial charge on any atom is -0.348 e. The molecule has 136 valence electrons. The molecule has 0 aliphatic rings. The van der Waals surface area contributed by atoms with Crippen molar-refractivity contribution >= 4 is 28.3 Å². The standard InChI is InChI=1S/C20H17FN4OS/c1-13-8-17(20(26)22-10-14-4-2-5-15(21)9-14)18-11-23-25(19(18)24-13)12-16-6-3-7-27-16/h2-9,11H,10,12H2,1H3,(H,22,26). The normalized spacial score (nSPS) is 11.0. The van der Waals surface area contributed by atoms with Gasteiger partial charge in [0.2, 0.25) is 0 Å². The zero-order valence-electron chi connectivity index (χ0n) is 14.6. The highest BCUT2D eigenvalue weighted by Gasteiger charge is 2.16. The summed E-state index contributed by atoms with van der Waals surface area (Å²) < 4.78 is 15.1. The maximum atomic E-state index is 13.3. The Morgan fingerprint density at radius 2 is 2.15 bits per heavy atom. The smallest absolute Gasteiger partial charge is 0.252 e. The van der Waals surface area contributed by atoms with Gasteiger partial charge in [0.25, 0.3) is 5.91 Å². The molecule has 0 radical (unpaired) electrons. The van der Waals surface area contributed by atoms with Crippen LogP contribution in [0.4, 0.5) is 4.39 Å². The zero-order chi connectivity index (χ0) is 18.8. The highest BCUT2D eigenvalue weighted by atomic mass is 32.1. The van der Waals surface area contributed by atoms with Crippen molar-refractivity contribution in [2.45, 2.75) is 20.0 Å². The molecular formula is C20H17FN4OS. The van der Waals surface area contributed by atoms with Crippen molar-refractivity contribution in [1.29, 1.82) is 0 Å². The number of benzene rings is 1. The van der Waals surface area contributed by atoms with E-state index in [2.05, 4.69) is 15.4 Å². The van der Waals surface area contributed by atoms with Crippen LogP contribution >= 0.6 is 11.3 Å². The number of pyridine rings is 1. The first kappa shape index (κ1) is 17.4. The Morgan fingerprint density at radius 3 is 2.93 bits per heavy atom. The average molecular weight is 380 g/mol. The number of carbonyl (C=O) groups excluding carboxylic acids is 1. The molecule has 0 fully saturated rings. The molecule has 0 saturated carbocycles. The van der Waals surface area contributed by atoms with Crippen molar-refractivity contribution in [3.05, 3.63) is 81.6 Å². The number of fused-ring (bicyclic) bond motifs is 1. The lowest BCUT2D eigenvalue weighted by Gasteiger charge is -2.08. The number of rotatable bonds is 5. The highest BCUT2D eigenvalue weighted by molar-refractivity contribution is 7.09. The van der Waals surface area contributed by atoms with Gasteiger partial charge in [0.1, 0.15) is 5.82 Å². The summed E-state index contributed by atoms with van der Waals surface area (Å²) in [7, 11) is 0. The van der Waals surface area contributed by atoms with Gasteiger partial charge in [-0.15, -0.1) is 11.3 Å². The third-order valence-electron chi connectivity index (χ3n) is 4.21. The van der Waals surface area contributed by atoms with Gasteiger partial charge in [-0.2, -0.15) is 5.10 Å². The predicted molar refractivity (Wildman–Crippen MR) is 103 cm³/mol. The number of halogens is 1. The third kappa shape index (κ3) is 3.73. The van der Waals surface area contributed by atoms with Crippen LogP contribution in [0.3, 0.4) is 0 Å². The average Bonchev–Trinajstić information content (AvgIpc) is 3.30. The molecule has 27 heavy (non-hydrogen) atoms. The molecule has 0 aliphatic heterocycles. The topological polar surface area (TPSA) is 59.8 Å². The molecule has 0 saturated heterocycles. The molecule has 7 heteroatoms. The number of nitrogens with one attached hydrogen (secondary N) is 1. The second-order valence-electron chi connectivity index (χ2n) is 6.24. The molecule has 0 aliphatic carbocycles. The summed E-state index contributed by atoms with van der Waals surface area (Å²) in [5.74, 6) is -0.552. The minimum atomic E-state index is -0.321. The fourth-order valence-corrected chi connectivity index (χ4v) is 3.64. The molecule has 1 N–H and O–H groups in total. The number of aryl methyl sites for hydroxylation is 1. The van der Waals surface area contributed by atoms with E-state index in [1.165, 1.54) is 17.0 Å². The van der Waals surface area contributed by atoms with Crippen LogP contribution in [0, 0.1) is 12.7 Å². The summed E-state index contributed by atoms with van der Waals surface area (Å²) in [6.07, 6.45) is 1.67. The quantitative estimate of drug-likeness (QED) is 0.571. The van der Waals surface area contributed by atoms with Crippen LogP contribution in [-0.4, -0.2) is 20.7 Å². The van der Waals surface area contributed by atoms with E-state index in [4.69, 9.17) is 0 Å². The highest BCUT2D eigenvalue weighted by Crippen LogP contribution is 2.20. The summed E-state index contributed by atoms with van der Waals surface area (Å²) in [5.41, 5.74) is 2.65. The molecule has 1 aromatic carbocycles. The molecular weight excluding hydrogens is 363 g/mol. The molecule has 3 aromatic heterocycles. The molecule has 0 atom stereocenters. The first-order chi connectivity index (χ1) is 13.1. The first-order valence-electron chi connectivity index (χ1n) is 8.48. The van der Waals surface area contributed by atoms with Crippen LogP contribution in [0.1, 0.15) is 26.5 Å². The summed E-state index contributed by atoms with van der Waals surface area (Å²) in [5, 5.41) is 9.99. The van der Waals surface area contributed by atoms with Crippen molar-refractivity contribution < 1.29 is 9.18 Å². The van der Waals surface area contributed by atoms with Crippen LogP contribution < -0.4 is 5.32 Å². The van der Waals surface area contributed by atoms with Gasteiger partial charge in [0.15, 0.2) is 5.65 Å². The van der Waals surface area contributed by atoms with Crippen molar-refractivity contribution in [3.8, 4) is 0 Å². The van der Waals surface area contributed by atoms with E-state index < -0.39 is 0 Å². The van der Waals surface area contributed by atoms with Crippen LogP contribution in [0.25, 0.3) is 11.0 Å². The fourth-order valence-electron chi connectivity index (χ4n) is 2.95. The number of nitrogens with zero attached hydrogens (tertiary/aromatic N) is 3. The van der Waals surface area contributed by atoms with E-state index in [9.17, 15) is 9.18 Å². The molecule has 3 heterocycles.